The monoisotopic (exact) mass is 331 g/mol. The summed E-state index contributed by atoms with van der Waals surface area (Å²) in [5.41, 5.74) is 0.575. The Morgan fingerprint density at radius 1 is 1.50 bits per heavy atom. The molecule has 120 valence electrons. The summed E-state index contributed by atoms with van der Waals surface area (Å²) >= 11 is 0. The molecule has 1 aliphatic rings. The van der Waals surface area contributed by atoms with Crippen LogP contribution in [0, 0.1) is 16.0 Å². The maximum atomic E-state index is 12.8. The first-order chi connectivity index (χ1) is 10.2. The predicted octanol–water partition coefficient (Wildman–Crippen LogP) is 1.29. The van der Waals surface area contributed by atoms with Gasteiger partial charge in [-0.2, -0.15) is 8.42 Å². The van der Waals surface area contributed by atoms with E-state index in [0.29, 0.717) is 5.69 Å². The molecule has 22 heavy (non-hydrogen) atoms. The first-order valence-electron chi connectivity index (χ1n) is 6.40. The van der Waals surface area contributed by atoms with Gasteiger partial charge in [0.15, 0.2) is 0 Å². The number of hydrogen-bond acceptors (Lipinski definition) is 6. The highest BCUT2D eigenvalue weighted by Crippen LogP contribution is 2.34. The van der Waals surface area contributed by atoms with Crippen molar-refractivity contribution in [3.05, 3.63) is 28.3 Å². The normalized spacial score (nSPS) is 18.5. The van der Waals surface area contributed by atoms with Crippen molar-refractivity contribution < 1.29 is 22.0 Å². The molecule has 1 aromatic carbocycles. The van der Waals surface area contributed by atoms with Crippen LogP contribution in [0.4, 0.5) is 20.9 Å². The molecule has 1 atom stereocenters. The van der Waals surface area contributed by atoms with E-state index < -0.39 is 32.7 Å². The smallest absolute Gasteiger partial charge is 0.302 e. The van der Waals surface area contributed by atoms with Crippen molar-refractivity contribution in [3.8, 4) is 0 Å². The maximum Gasteiger partial charge on any atom is 0.302 e. The lowest BCUT2D eigenvalue weighted by Gasteiger charge is -2.20. The minimum atomic E-state index is -4.68. The molecule has 10 heteroatoms. The third kappa shape index (κ3) is 3.50. The van der Waals surface area contributed by atoms with Gasteiger partial charge in [-0.25, -0.2) is 0 Å². The zero-order chi connectivity index (χ0) is 16.5. The quantitative estimate of drug-likeness (QED) is 0.494. The number of non-ortho nitro benzene ring substituents is 1. The van der Waals surface area contributed by atoms with E-state index in [0.717, 1.165) is 0 Å². The van der Waals surface area contributed by atoms with Gasteiger partial charge in [-0.05, 0) is 6.07 Å². The highest BCUT2D eigenvalue weighted by atomic mass is 32.3. The van der Waals surface area contributed by atoms with E-state index in [1.807, 2.05) is 0 Å². The molecule has 0 bridgehead atoms. The Balaban J connectivity index is 2.33. The average Bonchev–Trinajstić information content (AvgIpc) is 2.76. The lowest BCUT2D eigenvalue weighted by Crippen LogP contribution is -2.26. The Bertz CT molecular complexity index is 721. The zero-order valence-electron chi connectivity index (χ0n) is 11.7. The van der Waals surface area contributed by atoms with Crippen LogP contribution in [0.1, 0.15) is 6.42 Å². The summed E-state index contributed by atoms with van der Waals surface area (Å²) in [6.45, 7) is -0.00215. The van der Waals surface area contributed by atoms with Gasteiger partial charge in [0.05, 0.1) is 22.1 Å². The van der Waals surface area contributed by atoms with Crippen molar-refractivity contribution in [2.75, 3.05) is 29.6 Å². The highest BCUT2D eigenvalue weighted by Gasteiger charge is 2.35. The van der Waals surface area contributed by atoms with Crippen molar-refractivity contribution in [2.45, 2.75) is 6.42 Å². The minimum Gasteiger partial charge on any atom is -0.386 e. The molecule has 0 spiro atoms. The molecule has 1 saturated heterocycles. The third-order valence-electron chi connectivity index (χ3n) is 3.39. The van der Waals surface area contributed by atoms with Crippen LogP contribution in [0.15, 0.2) is 18.2 Å². The molecule has 2 rings (SSSR count). The number of nitrogens with zero attached hydrogens (tertiary/aromatic N) is 2. The Morgan fingerprint density at radius 3 is 2.73 bits per heavy atom. The molecule has 0 saturated carbocycles. The molecule has 1 N–H and O–H groups in total. The standard InChI is InChI=1S/C12H14FN3O5S/c1-14-10-3-2-9(16(18)19)5-11(10)15-6-8(4-12(15)17)7-22(13,20)21/h2-3,5,8,14H,4,6-7H2,1H3. The largest absolute Gasteiger partial charge is 0.386 e. The summed E-state index contributed by atoms with van der Waals surface area (Å²) in [6.07, 6.45) is -0.116. The molecule has 1 unspecified atom stereocenters. The van der Waals surface area contributed by atoms with Crippen LogP contribution in [-0.2, 0) is 15.0 Å². The first-order valence-corrected chi connectivity index (χ1v) is 7.95. The molecule has 0 aromatic heterocycles. The van der Waals surface area contributed by atoms with E-state index in [2.05, 4.69) is 5.32 Å². The molecular formula is C12H14FN3O5S. The van der Waals surface area contributed by atoms with Gasteiger partial charge in [-0.1, -0.05) is 0 Å². The van der Waals surface area contributed by atoms with Crippen LogP contribution >= 0.6 is 0 Å². The predicted molar refractivity (Wildman–Crippen MR) is 78.0 cm³/mol. The van der Waals surface area contributed by atoms with Gasteiger partial charge in [0, 0.05) is 38.1 Å². The van der Waals surface area contributed by atoms with Gasteiger partial charge in [-0.3, -0.25) is 14.9 Å². The van der Waals surface area contributed by atoms with Crippen molar-refractivity contribution in [3.63, 3.8) is 0 Å². The number of rotatable bonds is 5. The van der Waals surface area contributed by atoms with Crippen molar-refractivity contribution in [2.24, 2.45) is 5.92 Å². The molecule has 1 heterocycles. The SMILES string of the molecule is CNc1ccc([N+](=O)[O-])cc1N1CC(CS(=O)(=O)F)CC1=O. The summed E-state index contributed by atoms with van der Waals surface area (Å²) in [7, 11) is -3.08. The summed E-state index contributed by atoms with van der Waals surface area (Å²) in [6, 6.07) is 3.98. The van der Waals surface area contributed by atoms with Crippen LogP contribution in [0.5, 0.6) is 0 Å². The van der Waals surface area contributed by atoms with Crippen LogP contribution in [0.2, 0.25) is 0 Å². The van der Waals surface area contributed by atoms with Gasteiger partial charge >= 0.3 is 10.2 Å². The Morgan fingerprint density at radius 2 is 2.18 bits per heavy atom. The number of nitrogens with one attached hydrogen (secondary N) is 1. The first kappa shape index (κ1) is 16.1. The fraction of sp³-hybridized carbons (Fsp3) is 0.417. The van der Waals surface area contributed by atoms with E-state index in [1.165, 1.54) is 23.1 Å². The van der Waals surface area contributed by atoms with Crippen molar-refractivity contribution >= 4 is 33.2 Å². The van der Waals surface area contributed by atoms with E-state index in [-0.39, 0.29) is 24.3 Å². The number of benzene rings is 1. The molecular weight excluding hydrogens is 317 g/mol. The number of nitro groups is 1. The lowest BCUT2D eigenvalue weighted by molar-refractivity contribution is -0.384. The summed E-state index contributed by atoms with van der Waals surface area (Å²) in [4.78, 5) is 23.5. The maximum absolute atomic E-state index is 12.8. The second kappa shape index (κ2) is 5.87. The molecule has 1 fully saturated rings. The number of hydrogen-bond donors (Lipinski definition) is 1. The Labute approximate surface area is 126 Å². The molecule has 8 nitrogen and oxygen atoms in total. The summed E-state index contributed by atoms with van der Waals surface area (Å²) < 4.78 is 34.2. The number of amides is 1. The third-order valence-corrected chi connectivity index (χ3v) is 4.26. The van der Waals surface area contributed by atoms with E-state index in [1.54, 1.807) is 7.05 Å². The van der Waals surface area contributed by atoms with Crippen LogP contribution in [0.25, 0.3) is 0 Å². The second-order valence-corrected chi connectivity index (χ2v) is 6.40. The Kier molecular flexibility index (Phi) is 4.31. The molecule has 0 radical (unpaired) electrons. The van der Waals surface area contributed by atoms with Gasteiger partial charge in [0.1, 0.15) is 0 Å². The van der Waals surface area contributed by atoms with E-state index in [9.17, 15) is 27.2 Å². The molecule has 0 aliphatic carbocycles. The highest BCUT2D eigenvalue weighted by molar-refractivity contribution is 7.86. The fourth-order valence-corrected chi connectivity index (χ4v) is 3.26. The van der Waals surface area contributed by atoms with Crippen LogP contribution in [0.3, 0.4) is 0 Å². The van der Waals surface area contributed by atoms with Crippen molar-refractivity contribution in [1.82, 2.24) is 0 Å². The summed E-state index contributed by atoms with van der Waals surface area (Å²) in [5.74, 6) is -1.81. The van der Waals surface area contributed by atoms with E-state index >= 15 is 0 Å². The number of halogens is 1. The fourth-order valence-electron chi connectivity index (χ4n) is 2.48. The Hall–Kier alpha value is -2.23. The van der Waals surface area contributed by atoms with Gasteiger partial charge in [0.25, 0.3) is 5.69 Å². The number of nitro benzene ring substituents is 1. The van der Waals surface area contributed by atoms with Gasteiger partial charge in [0.2, 0.25) is 5.91 Å². The number of carbonyl (C=O) groups excluding carboxylic acids is 1. The number of carbonyl (C=O) groups is 1. The van der Waals surface area contributed by atoms with Gasteiger partial charge < -0.3 is 10.2 Å². The number of anilines is 2. The molecule has 1 amide bonds. The minimum absolute atomic E-state index is 0.00215. The lowest BCUT2D eigenvalue weighted by atomic mass is 10.1. The average molecular weight is 331 g/mol. The summed E-state index contributed by atoms with van der Waals surface area (Å²) in [5, 5.41) is 13.7. The molecule has 1 aliphatic heterocycles. The van der Waals surface area contributed by atoms with Gasteiger partial charge in [-0.15, -0.1) is 3.89 Å². The zero-order valence-corrected chi connectivity index (χ0v) is 12.5. The molecule has 1 aromatic rings. The second-order valence-electron chi connectivity index (χ2n) is 4.99. The van der Waals surface area contributed by atoms with Crippen LogP contribution < -0.4 is 10.2 Å². The van der Waals surface area contributed by atoms with Crippen LogP contribution in [-0.4, -0.2) is 38.6 Å². The topological polar surface area (TPSA) is 110 Å². The van der Waals surface area contributed by atoms with E-state index in [4.69, 9.17) is 0 Å². The van der Waals surface area contributed by atoms with Crippen molar-refractivity contribution in [1.29, 1.82) is 0 Å².